The lowest BCUT2D eigenvalue weighted by Crippen LogP contribution is -2.44. The fourth-order valence-electron chi connectivity index (χ4n) is 9.73. The molecule has 14 nitrogen and oxygen atoms in total. The number of aromatic hydroxyl groups is 3. The fraction of sp³-hybridized carbons (Fsp3) is 0.574. The maximum Gasteiger partial charge on any atom is 0.342 e. The summed E-state index contributed by atoms with van der Waals surface area (Å²) in [5, 5.41) is 90.0. The number of rotatable bonds is 19. The maximum atomic E-state index is 13.6. The number of fused-ring (bicyclic) bond motifs is 4. The average Bonchev–Trinajstić information content (AvgIpc) is 3.17. The highest BCUT2D eigenvalue weighted by molar-refractivity contribution is 6.10. The van der Waals surface area contributed by atoms with Crippen LogP contribution >= 0.6 is 0 Å². The average molecular weight is 851 g/mol. The molecule has 1 aliphatic carbocycles. The number of esters is 2. The first-order chi connectivity index (χ1) is 29.0. The minimum Gasteiger partial charge on any atom is -0.507 e. The predicted octanol–water partition coefficient (Wildman–Crippen LogP) is 7.03. The van der Waals surface area contributed by atoms with Crippen molar-refractivity contribution in [2.45, 2.75) is 154 Å². The number of aliphatic hydroxyl groups is 5. The Kier molecular flexibility index (Phi) is 14.3. The first-order valence-corrected chi connectivity index (χ1v) is 21.6. The quantitative estimate of drug-likeness (QED) is 0.0447. The van der Waals surface area contributed by atoms with E-state index in [1.165, 1.54) is 20.3 Å². The number of hydrogen-bond donors (Lipinski definition) is 8. The third-order valence-electron chi connectivity index (χ3n) is 12.6. The van der Waals surface area contributed by atoms with Crippen LogP contribution in [0, 0.1) is 5.41 Å². The lowest BCUT2D eigenvalue weighted by Gasteiger charge is -2.43. The fourth-order valence-corrected chi connectivity index (χ4v) is 9.73. The Balaban J connectivity index is 1.32. The van der Waals surface area contributed by atoms with Crippen LogP contribution < -0.4 is 9.47 Å². The molecule has 3 aromatic carbocycles. The largest absolute Gasteiger partial charge is 0.507 e. The van der Waals surface area contributed by atoms with Crippen LogP contribution in [0.4, 0.5) is 0 Å². The lowest BCUT2D eigenvalue weighted by atomic mass is 9.66. The Bertz CT molecular complexity index is 2140. The molecule has 0 radical (unpaired) electrons. The molecule has 2 heterocycles. The van der Waals surface area contributed by atoms with Gasteiger partial charge >= 0.3 is 11.9 Å². The molecule has 8 N–H and O–H groups in total. The Morgan fingerprint density at radius 2 is 1.21 bits per heavy atom. The molecule has 2 aliphatic heterocycles. The molecule has 0 bridgehead atoms. The number of aliphatic hydroxyl groups excluding tert-OH is 5. The molecule has 7 unspecified atom stereocenters. The van der Waals surface area contributed by atoms with Gasteiger partial charge in [0.1, 0.15) is 52.3 Å². The van der Waals surface area contributed by atoms with E-state index in [0.29, 0.717) is 29.4 Å². The van der Waals surface area contributed by atoms with Crippen LogP contribution in [0.1, 0.15) is 131 Å². The van der Waals surface area contributed by atoms with Gasteiger partial charge in [0.2, 0.25) is 0 Å². The van der Waals surface area contributed by atoms with Gasteiger partial charge in [-0.15, -0.1) is 0 Å². The summed E-state index contributed by atoms with van der Waals surface area (Å²) in [6, 6.07) is 4.73. The Morgan fingerprint density at radius 1 is 0.672 bits per heavy atom. The highest BCUT2D eigenvalue weighted by Gasteiger charge is 2.49. The predicted molar refractivity (Wildman–Crippen MR) is 227 cm³/mol. The number of hydrogen-bond acceptors (Lipinski definition) is 14. The van der Waals surface area contributed by atoms with Crippen molar-refractivity contribution in [3.63, 3.8) is 0 Å². The molecule has 0 saturated carbocycles. The molecule has 1 saturated heterocycles. The van der Waals surface area contributed by atoms with E-state index in [1.807, 2.05) is 0 Å². The van der Waals surface area contributed by atoms with E-state index >= 15 is 0 Å². The van der Waals surface area contributed by atoms with E-state index in [1.54, 1.807) is 19.1 Å². The molecule has 3 aromatic rings. The molecule has 3 aliphatic rings. The van der Waals surface area contributed by atoms with E-state index < -0.39 is 77.0 Å². The van der Waals surface area contributed by atoms with Gasteiger partial charge in [-0.2, -0.15) is 0 Å². The van der Waals surface area contributed by atoms with Gasteiger partial charge in [-0.3, -0.25) is 0 Å². The van der Waals surface area contributed by atoms with Crippen LogP contribution in [0.3, 0.4) is 0 Å². The topological polar surface area (TPSA) is 233 Å². The zero-order valence-corrected chi connectivity index (χ0v) is 35.8. The lowest BCUT2D eigenvalue weighted by molar-refractivity contribution is -0.154. The van der Waals surface area contributed by atoms with Gasteiger partial charge in [0, 0.05) is 24.7 Å². The summed E-state index contributed by atoms with van der Waals surface area (Å²) >= 11 is 0. The Morgan fingerprint density at radius 3 is 1.80 bits per heavy atom. The summed E-state index contributed by atoms with van der Waals surface area (Å²) in [6.07, 6.45) is 3.18. The van der Waals surface area contributed by atoms with Crippen LogP contribution in [0.15, 0.2) is 23.8 Å². The summed E-state index contributed by atoms with van der Waals surface area (Å²) in [7, 11) is 2.70. The van der Waals surface area contributed by atoms with E-state index in [0.717, 1.165) is 38.5 Å². The monoisotopic (exact) mass is 850 g/mol. The standard InChI is InChI=1S/C47H62O14/c1-6-8-10-12-27(48)18-29(50)20-31-15-24-14-25-16-33(58-4)38(42(53)35(25)41(52)37(24)45(56)60-31)39-34(59-5)17-26-22-47(3)23-32(21-30(51)19-28(49)13-11-9-7-2)61-46(57)40(47)44(55)36(26)43(39)54/h14,16-17,27-32,48-55H,6-13,15,18-23H2,1-5H3. The normalized spacial score (nSPS) is 21.8. The van der Waals surface area contributed by atoms with Gasteiger partial charge < -0.3 is 59.8 Å². The second-order valence-corrected chi connectivity index (χ2v) is 17.5. The number of cyclic esters (lactones) is 2. The molecule has 61 heavy (non-hydrogen) atoms. The number of methoxy groups -OCH3 is 2. The summed E-state index contributed by atoms with van der Waals surface area (Å²) in [5.74, 6) is -3.77. The van der Waals surface area contributed by atoms with E-state index in [9.17, 15) is 50.4 Å². The molecule has 0 amide bonds. The van der Waals surface area contributed by atoms with Crippen molar-refractivity contribution >= 4 is 28.5 Å². The number of phenols is 3. The van der Waals surface area contributed by atoms with Crippen molar-refractivity contribution in [2.24, 2.45) is 5.41 Å². The number of carbonyl (C=O) groups is 2. The van der Waals surface area contributed by atoms with Gasteiger partial charge in [0.25, 0.3) is 0 Å². The van der Waals surface area contributed by atoms with Crippen molar-refractivity contribution in [1.82, 2.24) is 0 Å². The van der Waals surface area contributed by atoms with Gasteiger partial charge in [-0.25, -0.2) is 9.59 Å². The van der Waals surface area contributed by atoms with Crippen LogP contribution in [0.25, 0.3) is 27.7 Å². The van der Waals surface area contributed by atoms with Crippen LogP contribution in [0.2, 0.25) is 0 Å². The molecule has 7 atom stereocenters. The molecule has 334 valence electrons. The highest BCUT2D eigenvalue weighted by atomic mass is 16.6. The van der Waals surface area contributed by atoms with Gasteiger partial charge in [0.05, 0.1) is 66.3 Å². The van der Waals surface area contributed by atoms with Gasteiger partial charge in [-0.1, -0.05) is 59.3 Å². The first-order valence-electron chi connectivity index (χ1n) is 21.6. The van der Waals surface area contributed by atoms with Crippen LogP contribution in [-0.2, 0) is 27.1 Å². The SMILES string of the molecule is CCCCCC(O)CC(O)CC1CC2(C)Cc3cc(OC)c(-c4c(OC)cc5cc6c(c(O)c5c4O)C(=O)OC(CC(O)CC(O)CCCCC)C6)c(O)c3C(O)=C2C(=O)O1. The highest BCUT2D eigenvalue weighted by Crippen LogP contribution is 2.58. The molecular formula is C47H62O14. The minimum absolute atomic E-state index is 0.0436. The van der Waals surface area contributed by atoms with Crippen molar-refractivity contribution in [2.75, 3.05) is 14.2 Å². The number of benzene rings is 3. The zero-order chi connectivity index (χ0) is 44.3. The number of phenolic OH excluding ortho intramolecular Hbond substituents is 3. The number of carbonyl (C=O) groups excluding carboxylic acids is 2. The Hall–Kier alpha value is -4.76. The van der Waals surface area contributed by atoms with Crippen molar-refractivity contribution in [3.8, 4) is 39.9 Å². The zero-order valence-electron chi connectivity index (χ0n) is 35.8. The third kappa shape index (κ3) is 9.37. The third-order valence-corrected chi connectivity index (χ3v) is 12.6. The number of unbranched alkanes of at least 4 members (excludes halogenated alkanes) is 4. The first kappa shape index (κ1) is 45.8. The summed E-state index contributed by atoms with van der Waals surface area (Å²) in [5.41, 5.74) is -0.677. The van der Waals surface area contributed by atoms with E-state index in [-0.39, 0.29) is 89.7 Å². The molecular weight excluding hydrogens is 789 g/mol. The van der Waals surface area contributed by atoms with Crippen molar-refractivity contribution in [3.05, 3.63) is 46.0 Å². The van der Waals surface area contributed by atoms with Gasteiger partial charge in [0.15, 0.2) is 0 Å². The second kappa shape index (κ2) is 19.1. The molecule has 14 heteroatoms. The molecule has 0 aromatic heterocycles. The summed E-state index contributed by atoms with van der Waals surface area (Å²) in [6.45, 7) is 5.94. The van der Waals surface area contributed by atoms with Gasteiger partial charge in [-0.05, 0) is 73.2 Å². The number of ether oxygens (including phenoxy) is 4. The van der Waals surface area contributed by atoms with Crippen LogP contribution in [-0.4, -0.2) is 104 Å². The maximum absolute atomic E-state index is 13.6. The molecule has 6 rings (SSSR count). The van der Waals surface area contributed by atoms with E-state index in [2.05, 4.69) is 13.8 Å². The smallest absolute Gasteiger partial charge is 0.342 e. The molecule has 1 fully saturated rings. The minimum atomic E-state index is -0.968. The Labute approximate surface area is 356 Å². The molecule has 0 spiro atoms. The van der Waals surface area contributed by atoms with Crippen LogP contribution in [0.5, 0.6) is 28.7 Å². The second-order valence-electron chi connectivity index (χ2n) is 17.5. The van der Waals surface area contributed by atoms with E-state index in [4.69, 9.17) is 18.9 Å². The summed E-state index contributed by atoms with van der Waals surface area (Å²) < 4.78 is 22.9. The van der Waals surface area contributed by atoms with Crippen molar-refractivity contribution < 1.29 is 69.4 Å². The van der Waals surface area contributed by atoms with Crippen molar-refractivity contribution in [1.29, 1.82) is 0 Å². The summed E-state index contributed by atoms with van der Waals surface area (Å²) in [4.78, 5) is 27.1.